The van der Waals surface area contributed by atoms with Gasteiger partial charge in [0.15, 0.2) is 0 Å². The first-order chi connectivity index (χ1) is 11.7. The van der Waals surface area contributed by atoms with Crippen LogP contribution in [0.15, 0.2) is 30.3 Å². The molecule has 0 amide bonds. The number of unbranched alkanes of at least 4 members (excludes halogenated alkanes) is 7. The smallest absolute Gasteiger partial charge is 0.0784 e. The standard InChI is InChI=1S/C23H42N/c1-4-6-8-9-15-21-24(3,20-14-7-5-2)22-16-13-19-23-17-11-10-12-18-23/h10-12,17-18H,4-9,13-16,19-22H2,1-3H3/q+1. The SMILES string of the molecule is CCCCCCC[N+](C)(CCCCC)CCCCc1ccccc1. The normalized spacial score (nSPS) is 13.8. The molecule has 1 unspecified atom stereocenters. The van der Waals surface area contributed by atoms with Gasteiger partial charge < -0.3 is 4.48 Å². The van der Waals surface area contributed by atoms with Crippen LogP contribution in [0.25, 0.3) is 0 Å². The van der Waals surface area contributed by atoms with Crippen LogP contribution in [0, 0.1) is 0 Å². The molecule has 1 rings (SSSR count). The van der Waals surface area contributed by atoms with Gasteiger partial charge in [-0.2, -0.15) is 0 Å². The minimum atomic E-state index is 1.24. The zero-order valence-electron chi connectivity index (χ0n) is 16.7. The van der Waals surface area contributed by atoms with E-state index in [0.29, 0.717) is 0 Å². The van der Waals surface area contributed by atoms with Crippen molar-refractivity contribution in [1.82, 2.24) is 0 Å². The first kappa shape index (κ1) is 21.2. The first-order valence-corrected chi connectivity index (χ1v) is 10.6. The molecule has 24 heavy (non-hydrogen) atoms. The Morgan fingerprint density at radius 2 is 1.12 bits per heavy atom. The number of aryl methyl sites for hydroxylation is 1. The molecule has 1 atom stereocenters. The van der Waals surface area contributed by atoms with Crippen molar-refractivity contribution in [2.75, 3.05) is 26.7 Å². The van der Waals surface area contributed by atoms with Gasteiger partial charge in [-0.05, 0) is 50.5 Å². The maximum atomic E-state index is 2.51. The molecule has 1 nitrogen and oxygen atoms in total. The molecule has 1 aromatic rings. The van der Waals surface area contributed by atoms with Gasteiger partial charge in [-0.25, -0.2) is 0 Å². The maximum Gasteiger partial charge on any atom is 0.0784 e. The first-order valence-electron chi connectivity index (χ1n) is 10.6. The van der Waals surface area contributed by atoms with E-state index < -0.39 is 0 Å². The highest BCUT2D eigenvalue weighted by atomic mass is 15.3. The number of quaternary nitrogens is 1. The van der Waals surface area contributed by atoms with E-state index in [1.807, 2.05) is 0 Å². The second-order valence-corrected chi connectivity index (χ2v) is 7.85. The number of rotatable bonds is 15. The van der Waals surface area contributed by atoms with Crippen molar-refractivity contribution in [3.05, 3.63) is 35.9 Å². The predicted octanol–water partition coefficient (Wildman–Crippen LogP) is 6.62. The molecule has 0 heterocycles. The number of hydrogen-bond donors (Lipinski definition) is 0. The Labute approximate surface area is 152 Å². The Kier molecular flexibility index (Phi) is 11.9. The summed E-state index contributed by atoms with van der Waals surface area (Å²) in [5, 5.41) is 0. The molecule has 0 aromatic heterocycles. The minimum absolute atomic E-state index is 1.24. The van der Waals surface area contributed by atoms with E-state index in [9.17, 15) is 0 Å². The largest absolute Gasteiger partial charge is 0.326 e. The van der Waals surface area contributed by atoms with Crippen molar-refractivity contribution >= 4 is 0 Å². The van der Waals surface area contributed by atoms with Crippen LogP contribution in [-0.4, -0.2) is 31.2 Å². The van der Waals surface area contributed by atoms with Gasteiger partial charge in [0.1, 0.15) is 0 Å². The molecule has 0 spiro atoms. The zero-order valence-corrected chi connectivity index (χ0v) is 16.7. The lowest BCUT2D eigenvalue weighted by Crippen LogP contribution is -2.46. The Balaban J connectivity index is 2.30. The molecule has 0 saturated heterocycles. The zero-order chi connectivity index (χ0) is 17.5. The number of benzene rings is 1. The molecule has 0 bridgehead atoms. The van der Waals surface area contributed by atoms with Crippen molar-refractivity contribution in [2.45, 2.75) is 84.5 Å². The highest BCUT2D eigenvalue weighted by Crippen LogP contribution is 2.14. The second kappa shape index (κ2) is 13.5. The molecule has 0 aliphatic rings. The van der Waals surface area contributed by atoms with Gasteiger partial charge in [0.2, 0.25) is 0 Å². The molecule has 0 saturated carbocycles. The summed E-state index contributed by atoms with van der Waals surface area (Å²) in [6, 6.07) is 11.0. The fourth-order valence-corrected chi connectivity index (χ4v) is 3.64. The van der Waals surface area contributed by atoms with Crippen LogP contribution < -0.4 is 0 Å². The van der Waals surface area contributed by atoms with Crippen LogP contribution in [-0.2, 0) is 6.42 Å². The quantitative estimate of drug-likeness (QED) is 0.250. The van der Waals surface area contributed by atoms with Crippen molar-refractivity contribution in [1.29, 1.82) is 0 Å². The Morgan fingerprint density at radius 3 is 1.75 bits per heavy atom. The predicted molar refractivity (Wildman–Crippen MR) is 108 cm³/mol. The molecule has 0 radical (unpaired) electrons. The minimum Gasteiger partial charge on any atom is -0.326 e. The molecule has 0 N–H and O–H groups in total. The van der Waals surface area contributed by atoms with Gasteiger partial charge in [-0.1, -0.05) is 69.9 Å². The molecule has 0 fully saturated rings. The third-order valence-corrected chi connectivity index (χ3v) is 5.36. The molecular weight excluding hydrogens is 290 g/mol. The van der Waals surface area contributed by atoms with Gasteiger partial charge >= 0.3 is 0 Å². The van der Waals surface area contributed by atoms with Crippen LogP contribution >= 0.6 is 0 Å². The summed E-state index contributed by atoms with van der Waals surface area (Å²) in [7, 11) is 2.51. The lowest BCUT2D eigenvalue weighted by atomic mass is 10.1. The summed E-state index contributed by atoms with van der Waals surface area (Å²) in [4.78, 5) is 0. The molecular formula is C23H42N+. The summed E-state index contributed by atoms with van der Waals surface area (Å²) in [6.07, 6.45) is 15.1. The molecule has 0 aliphatic carbocycles. The van der Waals surface area contributed by atoms with E-state index in [2.05, 4.69) is 51.2 Å². The van der Waals surface area contributed by atoms with E-state index in [0.717, 1.165) is 0 Å². The highest BCUT2D eigenvalue weighted by molar-refractivity contribution is 5.14. The number of hydrogen-bond acceptors (Lipinski definition) is 0. The van der Waals surface area contributed by atoms with Crippen LogP contribution in [0.4, 0.5) is 0 Å². The van der Waals surface area contributed by atoms with Crippen molar-refractivity contribution in [3.63, 3.8) is 0 Å². The van der Waals surface area contributed by atoms with Gasteiger partial charge in [0.05, 0.1) is 26.7 Å². The van der Waals surface area contributed by atoms with Gasteiger partial charge in [-0.3, -0.25) is 0 Å². The van der Waals surface area contributed by atoms with Gasteiger partial charge in [0, 0.05) is 0 Å². The van der Waals surface area contributed by atoms with E-state index >= 15 is 0 Å². The van der Waals surface area contributed by atoms with Crippen LogP contribution in [0.5, 0.6) is 0 Å². The van der Waals surface area contributed by atoms with Crippen LogP contribution in [0.2, 0.25) is 0 Å². The number of nitrogens with zero attached hydrogens (tertiary/aromatic N) is 1. The van der Waals surface area contributed by atoms with E-state index in [4.69, 9.17) is 0 Å². The molecule has 138 valence electrons. The lowest BCUT2D eigenvalue weighted by molar-refractivity contribution is -0.910. The summed E-state index contributed by atoms with van der Waals surface area (Å²) in [5.41, 5.74) is 1.50. The topological polar surface area (TPSA) is 0 Å². The Bertz CT molecular complexity index is 386. The monoisotopic (exact) mass is 332 g/mol. The summed E-state index contributed by atoms with van der Waals surface area (Å²) in [5.74, 6) is 0. The van der Waals surface area contributed by atoms with Gasteiger partial charge in [-0.15, -0.1) is 0 Å². The van der Waals surface area contributed by atoms with Crippen molar-refractivity contribution in [2.24, 2.45) is 0 Å². The van der Waals surface area contributed by atoms with E-state index in [1.54, 1.807) is 0 Å². The van der Waals surface area contributed by atoms with Crippen molar-refractivity contribution < 1.29 is 4.48 Å². The summed E-state index contributed by atoms with van der Waals surface area (Å²) < 4.78 is 1.31. The van der Waals surface area contributed by atoms with Crippen LogP contribution in [0.1, 0.15) is 83.6 Å². The Morgan fingerprint density at radius 1 is 0.625 bits per heavy atom. The molecule has 1 aromatic carbocycles. The van der Waals surface area contributed by atoms with Gasteiger partial charge in [0.25, 0.3) is 0 Å². The average molecular weight is 333 g/mol. The molecule has 0 aliphatic heterocycles. The fraction of sp³-hybridized carbons (Fsp3) is 0.739. The van der Waals surface area contributed by atoms with Crippen LogP contribution in [0.3, 0.4) is 0 Å². The second-order valence-electron chi connectivity index (χ2n) is 7.85. The Hall–Kier alpha value is -0.820. The third-order valence-electron chi connectivity index (χ3n) is 5.36. The lowest BCUT2D eigenvalue weighted by Gasteiger charge is -2.35. The summed E-state index contributed by atoms with van der Waals surface area (Å²) >= 11 is 0. The summed E-state index contributed by atoms with van der Waals surface area (Å²) in [6.45, 7) is 8.75. The third kappa shape index (κ3) is 10.1. The molecule has 1 heteroatoms. The van der Waals surface area contributed by atoms with E-state index in [-0.39, 0.29) is 0 Å². The maximum absolute atomic E-state index is 2.51. The van der Waals surface area contributed by atoms with E-state index in [1.165, 1.54) is 100 Å². The fourth-order valence-electron chi connectivity index (χ4n) is 3.64. The highest BCUT2D eigenvalue weighted by Gasteiger charge is 2.19. The average Bonchev–Trinajstić information content (AvgIpc) is 2.60. The van der Waals surface area contributed by atoms with Crippen molar-refractivity contribution in [3.8, 4) is 0 Å².